The maximum Gasteiger partial charge on any atom is 0.333 e. The van der Waals surface area contributed by atoms with E-state index in [2.05, 4.69) is 28.6 Å². The van der Waals surface area contributed by atoms with Crippen LogP contribution in [0.3, 0.4) is 0 Å². The van der Waals surface area contributed by atoms with E-state index in [1.165, 1.54) is 26.6 Å². The summed E-state index contributed by atoms with van der Waals surface area (Å²) in [5.41, 5.74) is 0.683. The van der Waals surface area contributed by atoms with Crippen LogP contribution in [0.25, 0.3) is 0 Å². The molecule has 0 aromatic carbocycles. The Hall–Kier alpha value is -0.870. The van der Waals surface area contributed by atoms with Gasteiger partial charge in [-0.2, -0.15) is 0 Å². The average Bonchev–Trinajstić information content (AvgIpc) is 2.70. The van der Waals surface area contributed by atoms with Crippen molar-refractivity contribution in [2.24, 2.45) is 5.92 Å². The summed E-state index contributed by atoms with van der Waals surface area (Å²) in [5.74, 6) is 0.524. The molecule has 0 N–H and O–H groups in total. The maximum absolute atomic E-state index is 11.2. The molecule has 0 aliphatic carbocycles. The van der Waals surface area contributed by atoms with Gasteiger partial charge in [-0.25, -0.2) is 4.79 Å². The highest BCUT2D eigenvalue weighted by Crippen LogP contribution is 2.15. The lowest BCUT2D eigenvalue weighted by atomic mass is 10.1. The minimum atomic E-state index is -0.237. The largest absolute Gasteiger partial charge is 0.466 e. The van der Waals surface area contributed by atoms with E-state index in [1.807, 2.05) is 6.08 Å². The zero-order valence-corrected chi connectivity index (χ0v) is 11.4. The SMILES string of the molecule is COC(=O)C(C)=CCN(C)CC1CCN(C)C1. The van der Waals surface area contributed by atoms with Gasteiger partial charge in [0.1, 0.15) is 0 Å². The van der Waals surface area contributed by atoms with E-state index in [0.29, 0.717) is 5.57 Å². The van der Waals surface area contributed by atoms with Crippen LogP contribution in [-0.2, 0) is 9.53 Å². The summed E-state index contributed by atoms with van der Waals surface area (Å²) in [6.07, 6.45) is 3.21. The van der Waals surface area contributed by atoms with Crippen molar-refractivity contribution in [3.05, 3.63) is 11.6 Å². The van der Waals surface area contributed by atoms with Crippen molar-refractivity contribution in [3.8, 4) is 0 Å². The molecule has 4 heteroatoms. The van der Waals surface area contributed by atoms with Crippen molar-refractivity contribution in [1.82, 2.24) is 9.80 Å². The Balaban J connectivity index is 2.29. The third-order valence-electron chi connectivity index (χ3n) is 3.28. The van der Waals surface area contributed by atoms with Gasteiger partial charge in [-0.1, -0.05) is 6.08 Å². The number of methoxy groups -OCH3 is 1. The molecule has 1 saturated heterocycles. The lowest BCUT2D eigenvalue weighted by molar-refractivity contribution is -0.136. The van der Waals surface area contributed by atoms with Gasteiger partial charge in [-0.3, -0.25) is 0 Å². The molecule has 0 aromatic rings. The molecule has 1 aliphatic heterocycles. The van der Waals surface area contributed by atoms with Gasteiger partial charge < -0.3 is 14.5 Å². The number of likely N-dealkylation sites (tertiary alicyclic amines) is 1. The van der Waals surface area contributed by atoms with Crippen LogP contribution in [0.1, 0.15) is 13.3 Å². The first kappa shape index (κ1) is 14.2. The maximum atomic E-state index is 11.2. The van der Waals surface area contributed by atoms with Crippen molar-refractivity contribution >= 4 is 5.97 Å². The second-order valence-electron chi connectivity index (χ2n) is 5.02. The fourth-order valence-corrected chi connectivity index (χ4v) is 2.23. The number of carbonyl (C=O) groups excluding carboxylic acids is 1. The van der Waals surface area contributed by atoms with Crippen LogP contribution in [0.5, 0.6) is 0 Å². The van der Waals surface area contributed by atoms with Gasteiger partial charge in [0, 0.05) is 25.2 Å². The molecule has 0 spiro atoms. The summed E-state index contributed by atoms with van der Waals surface area (Å²) in [4.78, 5) is 15.8. The molecule has 0 saturated carbocycles. The van der Waals surface area contributed by atoms with Gasteiger partial charge in [0.2, 0.25) is 0 Å². The van der Waals surface area contributed by atoms with Crippen LogP contribution in [0, 0.1) is 5.92 Å². The normalized spacial score (nSPS) is 22.2. The van der Waals surface area contributed by atoms with E-state index in [1.54, 1.807) is 6.92 Å². The van der Waals surface area contributed by atoms with Crippen LogP contribution >= 0.6 is 0 Å². The van der Waals surface area contributed by atoms with E-state index >= 15 is 0 Å². The Morgan fingerprint density at radius 1 is 1.59 bits per heavy atom. The Morgan fingerprint density at radius 3 is 2.82 bits per heavy atom. The van der Waals surface area contributed by atoms with Gasteiger partial charge in [0.25, 0.3) is 0 Å². The molecule has 98 valence electrons. The molecule has 0 amide bonds. The lowest BCUT2D eigenvalue weighted by Crippen LogP contribution is -2.27. The number of hydrogen-bond acceptors (Lipinski definition) is 4. The number of esters is 1. The predicted octanol–water partition coefficient (Wildman–Crippen LogP) is 0.989. The zero-order valence-electron chi connectivity index (χ0n) is 11.4. The average molecular weight is 240 g/mol. The number of likely N-dealkylation sites (N-methyl/N-ethyl adjacent to an activating group) is 1. The van der Waals surface area contributed by atoms with Gasteiger partial charge >= 0.3 is 5.97 Å². The van der Waals surface area contributed by atoms with Crippen molar-refractivity contribution < 1.29 is 9.53 Å². The van der Waals surface area contributed by atoms with Gasteiger partial charge in [-0.15, -0.1) is 0 Å². The van der Waals surface area contributed by atoms with E-state index in [0.717, 1.165) is 19.0 Å². The molecule has 1 rings (SSSR count). The van der Waals surface area contributed by atoms with Crippen LogP contribution in [0.4, 0.5) is 0 Å². The first-order valence-electron chi connectivity index (χ1n) is 6.15. The molecule has 17 heavy (non-hydrogen) atoms. The number of rotatable bonds is 5. The summed E-state index contributed by atoms with van der Waals surface area (Å²) >= 11 is 0. The van der Waals surface area contributed by atoms with E-state index in [-0.39, 0.29) is 5.97 Å². The fraction of sp³-hybridized carbons (Fsp3) is 0.769. The van der Waals surface area contributed by atoms with Crippen molar-refractivity contribution in [1.29, 1.82) is 0 Å². The van der Waals surface area contributed by atoms with Crippen LogP contribution in [0.15, 0.2) is 11.6 Å². The van der Waals surface area contributed by atoms with E-state index < -0.39 is 0 Å². The van der Waals surface area contributed by atoms with Crippen molar-refractivity contribution in [2.45, 2.75) is 13.3 Å². The van der Waals surface area contributed by atoms with Gasteiger partial charge in [0.15, 0.2) is 0 Å². The Labute approximate surface area is 104 Å². The second kappa shape index (κ2) is 6.77. The standard InChI is InChI=1S/C13H24N2O2/c1-11(13(16)17-4)5-7-14(2)9-12-6-8-15(3)10-12/h5,12H,6-10H2,1-4H3. The first-order valence-corrected chi connectivity index (χ1v) is 6.15. The second-order valence-corrected chi connectivity index (χ2v) is 5.02. The van der Waals surface area contributed by atoms with E-state index in [9.17, 15) is 4.79 Å². The number of ether oxygens (including phenoxy) is 1. The highest BCUT2D eigenvalue weighted by molar-refractivity contribution is 5.87. The highest BCUT2D eigenvalue weighted by atomic mass is 16.5. The molecule has 1 atom stereocenters. The van der Waals surface area contributed by atoms with Crippen LogP contribution < -0.4 is 0 Å². The van der Waals surface area contributed by atoms with Crippen molar-refractivity contribution in [3.63, 3.8) is 0 Å². The summed E-state index contributed by atoms with van der Waals surface area (Å²) in [5, 5.41) is 0. The Morgan fingerprint density at radius 2 is 2.29 bits per heavy atom. The number of nitrogens with zero attached hydrogens (tertiary/aromatic N) is 2. The third-order valence-corrected chi connectivity index (χ3v) is 3.28. The predicted molar refractivity (Wildman–Crippen MR) is 68.9 cm³/mol. The number of hydrogen-bond donors (Lipinski definition) is 0. The molecule has 0 aromatic heterocycles. The molecule has 1 fully saturated rings. The molecule has 1 unspecified atom stereocenters. The molecule has 1 aliphatic rings. The van der Waals surface area contributed by atoms with Crippen molar-refractivity contribution in [2.75, 3.05) is 47.4 Å². The third kappa shape index (κ3) is 4.88. The van der Waals surface area contributed by atoms with Crippen LogP contribution in [-0.4, -0.2) is 63.2 Å². The Bertz CT molecular complexity index is 289. The summed E-state index contributed by atoms with van der Waals surface area (Å²) in [6, 6.07) is 0. The minimum Gasteiger partial charge on any atom is -0.466 e. The highest BCUT2D eigenvalue weighted by Gasteiger charge is 2.20. The summed E-state index contributed by atoms with van der Waals surface area (Å²) in [6.45, 7) is 6.08. The molecule has 1 heterocycles. The monoisotopic (exact) mass is 240 g/mol. The smallest absolute Gasteiger partial charge is 0.333 e. The first-order chi connectivity index (χ1) is 8.02. The molecule has 4 nitrogen and oxygen atoms in total. The molecular formula is C13H24N2O2. The Kier molecular flexibility index (Phi) is 5.65. The fourth-order valence-electron chi connectivity index (χ4n) is 2.23. The minimum absolute atomic E-state index is 0.237. The van der Waals surface area contributed by atoms with Crippen LogP contribution in [0.2, 0.25) is 0 Å². The topological polar surface area (TPSA) is 32.8 Å². The quantitative estimate of drug-likeness (QED) is 0.530. The van der Waals surface area contributed by atoms with Gasteiger partial charge in [-0.05, 0) is 39.9 Å². The number of carbonyl (C=O) groups is 1. The molecular weight excluding hydrogens is 216 g/mol. The summed E-state index contributed by atoms with van der Waals surface area (Å²) < 4.78 is 4.66. The van der Waals surface area contributed by atoms with E-state index in [4.69, 9.17) is 0 Å². The lowest BCUT2D eigenvalue weighted by Gasteiger charge is -2.19. The molecule has 0 radical (unpaired) electrons. The van der Waals surface area contributed by atoms with Gasteiger partial charge in [0.05, 0.1) is 7.11 Å². The summed E-state index contributed by atoms with van der Waals surface area (Å²) in [7, 11) is 5.68. The zero-order chi connectivity index (χ0) is 12.8. The molecule has 0 bridgehead atoms.